The van der Waals surface area contributed by atoms with Gasteiger partial charge in [-0.15, -0.1) is 11.3 Å². The van der Waals surface area contributed by atoms with Gasteiger partial charge >= 0.3 is 0 Å². The molecule has 0 unspecified atom stereocenters. The minimum absolute atomic E-state index is 0.0213. The third-order valence-corrected chi connectivity index (χ3v) is 6.24. The molecule has 0 aromatic carbocycles. The summed E-state index contributed by atoms with van der Waals surface area (Å²) in [5, 5.41) is 5.02. The van der Waals surface area contributed by atoms with E-state index in [2.05, 4.69) is 10.3 Å². The molecule has 0 radical (unpaired) electrons. The van der Waals surface area contributed by atoms with Gasteiger partial charge in [0, 0.05) is 48.2 Å². The summed E-state index contributed by atoms with van der Waals surface area (Å²) >= 11 is 1.62. The number of amides is 2. The Bertz CT molecular complexity index is 762. The molecule has 2 fully saturated rings. The first-order valence-corrected chi connectivity index (χ1v) is 9.51. The molecule has 1 saturated carbocycles. The minimum atomic E-state index is 0.0213. The van der Waals surface area contributed by atoms with E-state index in [0.717, 1.165) is 36.4 Å². The van der Waals surface area contributed by atoms with Gasteiger partial charge in [-0.05, 0) is 42.0 Å². The van der Waals surface area contributed by atoms with Crippen LogP contribution in [0.15, 0.2) is 42.0 Å². The topological polar surface area (TPSA) is 62.3 Å². The lowest BCUT2D eigenvalue weighted by atomic mass is 10.0. The maximum Gasteiger partial charge on any atom is 0.227 e. The molecule has 3 heterocycles. The standard InChI is InChI=1S/C19H21N3O2S/c23-17(10-15-2-1-9-25-15)22-8-5-19(13-22)11-16(19)18(24)21-12-14-3-6-20-7-4-14/h1-4,6-7,9,16H,5,8,10-13H2,(H,21,24)/t16-,19+/m1/s1. The average molecular weight is 355 g/mol. The Balaban J connectivity index is 1.28. The van der Waals surface area contributed by atoms with E-state index in [9.17, 15) is 9.59 Å². The first kappa shape index (κ1) is 16.3. The highest BCUT2D eigenvalue weighted by Gasteiger charge is 2.61. The molecule has 1 N–H and O–H groups in total. The second-order valence-electron chi connectivity index (χ2n) is 7.01. The fourth-order valence-electron chi connectivity index (χ4n) is 3.77. The zero-order chi connectivity index (χ0) is 17.3. The summed E-state index contributed by atoms with van der Waals surface area (Å²) in [5.41, 5.74) is 1.07. The number of hydrogen-bond acceptors (Lipinski definition) is 4. The third kappa shape index (κ3) is 3.44. The maximum atomic E-state index is 12.4. The molecule has 25 heavy (non-hydrogen) atoms. The van der Waals surface area contributed by atoms with Crippen LogP contribution in [-0.4, -0.2) is 34.8 Å². The monoisotopic (exact) mass is 355 g/mol. The first-order valence-electron chi connectivity index (χ1n) is 8.63. The van der Waals surface area contributed by atoms with Crippen molar-refractivity contribution < 1.29 is 9.59 Å². The van der Waals surface area contributed by atoms with Gasteiger partial charge in [0.25, 0.3) is 0 Å². The van der Waals surface area contributed by atoms with E-state index in [0.29, 0.717) is 13.0 Å². The van der Waals surface area contributed by atoms with E-state index in [1.165, 1.54) is 0 Å². The molecule has 1 aliphatic heterocycles. The van der Waals surface area contributed by atoms with Crippen molar-refractivity contribution in [2.45, 2.75) is 25.8 Å². The Kier molecular flexibility index (Phi) is 4.29. The molecule has 2 atom stereocenters. The lowest BCUT2D eigenvalue weighted by Gasteiger charge is -2.16. The number of nitrogens with zero attached hydrogens (tertiary/aromatic N) is 2. The Labute approximate surface area is 151 Å². The molecule has 1 aliphatic carbocycles. The summed E-state index contributed by atoms with van der Waals surface area (Å²) in [6.45, 7) is 2.04. The van der Waals surface area contributed by atoms with Crippen molar-refractivity contribution in [3.63, 3.8) is 0 Å². The summed E-state index contributed by atoms with van der Waals surface area (Å²) in [4.78, 5) is 31.9. The fraction of sp³-hybridized carbons (Fsp3) is 0.421. The summed E-state index contributed by atoms with van der Waals surface area (Å²) in [5.74, 6) is 0.348. The smallest absolute Gasteiger partial charge is 0.227 e. The predicted octanol–water partition coefficient (Wildman–Crippen LogP) is 2.24. The van der Waals surface area contributed by atoms with E-state index >= 15 is 0 Å². The highest BCUT2D eigenvalue weighted by atomic mass is 32.1. The number of aromatic nitrogens is 1. The summed E-state index contributed by atoms with van der Waals surface area (Å²) in [7, 11) is 0. The molecule has 130 valence electrons. The Morgan fingerprint density at radius 2 is 2.16 bits per heavy atom. The third-order valence-electron chi connectivity index (χ3n) is 5.37. The van der Waals surface area contributed by atoms with E-state index in [-0.39, 0.29) is 23.1 Å². The number of likely N-dealkylation sites (tertiary alicyclic amines) is 1. The molecule has 2 aromatic heterocycles. The summed E-state index contributed by atoms with van der Waals surface area (Å²) in [6, 6.07) is 7.79. The molecule has 2 aliphatic rings. The number of nitrogens with one attached hydrogen (secondary N) is 1. The number of carbonyl (C=O) groups excluding carboxylic acids is 2. The lowest BCUT2D eigenvalue weighted by molar-refractivity contribution is -0.130. The van der Waals surface area contributed by atoms with Crippen LogP contribution in [0, 0.1) is 11.3 Å². The number of pyridine rings is 1. The fourth-order valence-corrected chi connectivity index (χ4v) is 4.46. The second kappa shape index (κ2) is 6.59. The van der Waals surface area contributed by atoms with E-state index in [1.54, 1.807) is 23.7 Å². The van der Waals surface area contributed by atoms with Crippen molar-refractivity contribution in [2.75, 3.05) is 13.1 Å². The molecule has 1 spiro atoms. The Hall–Kier alpha value is -2.21. The highest BCUT2D eigenvalue weighted by Crippen LogP contribution is 2.58. The SMILES string of the molecule is O=C(NCc1ccncc1)[C@H]1C[C@]12CCN(C(=O)Cc1cccs1)C2. The van der Waals surface area contributed by atoms with Gasteiger partial charge < -0.3 is 10.2 Å². The van der Waals surface area contributed by atoms with Crippen molar-refractivity contribution in [3.05, 3.63) is 52.5 Å². The van der Waals surface area contributed by atoms with Gasteiger partial charge in [-0.1, -0.05) is 6.07 Å². The van der Waals surface area contributed by atoms with Crippen LogP contribution >= 0.6 is 11.3 Å². The van der Waals surface area contributed by atoms with Crippen LogP contribution in [0.2, 0.25) is 0 Å². The number of rotatable bonds is 5. The Morgan fingerprint density at radius 1 is 1.32 bits per heavy atom. The maximum absolute atomic E-state index is 12.4. The quantitative estimate of drug-likeness (QED) is 0.895. The van der Waals surface area contributed by atoms with Gasteiger partial charge in [-0.3, -0.25) is 14.6 Å². The summed E-state index contributed by atoms with van der Waals surface area (Å²) in [6.07, 6.45) is 5.78. The normalized spacial score (nSPS) is 24.5. The minimum Gasteiger partial charge on any atom is -0.352 e. The van der Waals surface area contributed by atoms with Crippen LogP contribution in [-0.2, 0) is 22.6 Å². The van der Waals surface area contributed by atoms with Crippen LogP contribution < -0.4 is 5.32 Å². The zero-order valence-corrected chi connectivity index (χ0v) is 14.8. The number of thiophene rings is 1. The van der Waals surface area contributed by atoms with Gasteiger partial charge in [0.1, 0.15) is 0 Å². The lowest BCUT2D eigenvalue weighted by Crippen LogP contribution is -2.32. The van der Waals surface area contributed by atoms with Crippen molar-refractivity contribution in [1.29, 1.82) is 0 Å². The van der Waals surface area contributed by atoms with Gasteiger partial charge in [0.15, 0.2) is 0 Å². The first-order chi connectivity index (χ1) is 12.2. The van der Waals surface area contributed by atoms with Crippen LogP contribution in [0.1, 0.15) is 23.3 Å². The molecule has 2 aromatic rings. The average Bonchev–Trinajstić information content (AvgIpc) is 2.96. The number of hydrogen-bond donors (Lipinski definition) is 1. The van der Waals surface area contributed by atoms with Crippen LogP contribution in [0.4, 0.5) is 0 Å². The molecule has 2 amide bonds. The van der Waals surface area contributed by atoms with Crippen molar-refractivity contribution in [1.82, 2.24) is 15.2 Å². The van der Waals surface area contributed by atoms with E-state index in [4.69, 9.17) is 0 Å². The molecule has 4 rings (SSSR count). The number of carbonyl (C=O) groups is 2. The van der Waals surface area contributed by atoms with Gasteiger partial charge in [0.2, 0.25) is 11.8 Å². The second-order valence-corrected chi connectivity index (χ2v) is 8.05. The van der Waals surface area contributed by atoms with Crippen molar-refractivity contribution in [3.8, 4) is 0 Å². The van der Waals surface area contributed by atoms with Gasteiger partial charge in [-0.25, -0.2) is 0 Å². The largest absolute Gasteiger partial charge is 0.352 e. The van der Waals surface area contributed by atoms with Crippen LogP contribution in [0.5, 0.6) is 0 Å². The van der Waals surface area contributed by atoms with Crippen LogP contribution in [0.25, 0.3) is 0 Å². The molecule has 5 nitrogen and oxygen atoms in total. The van der Waals surface area contributed by atoms with Gasteiger partial charge in [0.05, 0.1) is 6.42 Å². The van der Waals surface area contributed by atoms with Gasteiger partial charge in [-0.2, -0.15) is 0 Å². The summed E-state index contributed by atoms with van der Waals surface area (Å²) < 4.78 is 0. The molecule has 6 heteroatoms. The molecule has 0 bridgehead atoms. The van der Waals surface area contributed by atoms with Crippen LogP contribution in [0.3, 0.4) is 0 Å². The van der Waals surface area contributed by atoms with Crippen molar-refractivity contribution >= 4 is 23.2 Å². The van der Waals surface area contributed by atoms with E-state index in [1.807, 2.05) is 34.5 Å². The molecule has 1 saturated heterocycles. The Morgan fingerprint density at radius 3 is 2.92 bits per heavy atom. The van der Waals surface area contributed by atoms with E-state index < -0.39 is 0 Å². The highest BCUT2D eigenvalue weighted by molar-refractivity contribution is 7.10. The molecular weight excluding hydrogens is 334 g/mol. The van der Waals surface area contributed by atoms with Crippen molar-refractivity contribution in [2.24, 2.45) is 11.3 Å². The zero-order valence-electron chi connectivity index (χ0n) is 14.0. The molecular formula is C19H21N3O2S. The predicted molar refractivity (Wildman–Crippen MR) is 95.8 cm³/mol.